The first-order valence-electron chi connectivity index (χ1n) is 10.5. The molecule has 4 rings (SSSR count). The summed E-state index contributed by atoms with van der Waals surface area (Å²) in [7, 11) is 1.40. The fraction of sp³-hybridized carbons (Fsp3) is 0.154. The molecular formula is C26H19ClF4N2O2. The summed E-state index contributed by atoms with van der Waals surface area (Å²) in [4.78, 5) is 12.7. The molecule has 1 aromatic heterocycles. The molecule has 4 aromatic rings. The zero-order chi connectivity index (χ0) is 25.1. The molecule has 0 saturated carbocycles. The van der Waals surface area contributed by atoms with Gasteiger partial charge in [-0.1, -0.05) is 60.1 Å². The van der Waals surface area contributed by atoms with Crippen LogP contribution in [0.5, 0.6) is 5.75 Å². The average molecular weight is 503 g/mol. The molecule has 0 fully saturated rings. The van der Waals surface area contributed by atoms with Crippen LogP contribution in [0.15, 0.2) is 66.7 Å². The minimum absolute atomic E-state index is 0.214. The molecule has 0 amide bonds. The van der Waals surface area contributed by atoms with E-state index in [-0.39, 0.29) is 12.3 Å². The van der Waals surface area contributed by atoms with Gasteiger partial charge in [-0.25, -0.2) is 17.6 Å². The number of fused-ring (bicyclic) bond motifs is 1. The van der Waals surface area contributed by atoms with Gasteiger partial charge in [-0.3, -0.25) is 9.48 Å². The number of carbonyl (C=O) groups excluding carboxylic acids is 1. The van der Waals surface area contributed by atoms with Gasteiger partial charge in [0, 0.05) is 11.1 Å². The first-order chi connectivity index (χ1) is 16.8. The normalized spacial score (nSPS) is 11.8. The lowest BCUT2D eigenvalue weighted by Crippen LogP contribution is -2.08. The van der Waals surface area contributed by atoms with E-state index in [2.05, 4.69) is 5.10 Å². The monoisotopic (exact) mass is 502 g/mol. The van der Waals surface area contributed by atoms with Crippen molar-refractivity contribution < 1.29 is 27.1 Å². The van der Waals surface area contributed by atoms with Crippen molar-refractivity contribution in [2.75, 3.05) is 7.11 Å². The Balaban J connectivity index is 1.62. The summed E-state index contributed by atoms with van der Waals surface area (Å²) in [5.74, 6) is 0.127. The molecule has 0 atom stereocenters. The number of ketones is 1. The van der Waals surface area contributed by atoms with E-state index in [4.69, 9.17) is 16.3 Å². The number of allylic oxidation sites excluding steroid dienone is 1. The number of rotatable bonds is 8. The summed E-state index contributed by atoms with van der Waals surface area (Å²) in [5.41, 5.74) is -0.203. The van der Waals surface area contributed by atoms with Crippen molar-refractivity contribution in [3.8, 4) is 5.75 Å². The van der Waals surface area contributed by atoms with Crippen LogP contribution in [0, 0.1) is 0 Å². The van der Waals surface area contributed by atoms with Crippen molar-refractivity contribution in [2.45, 2.75) is 19.4 Å². The highest BCUT2D eigenvalue weighted by Gasteiger charge is 2.28. The van der Waals surface area contributed by atoms with Gasteiger partial charge in [0.25, 0.3) is 12.9 Å². The summed E-state index contributed by atoms with van der Waals surface area (Å²) in [6.07, 6.45) is -3.22. The van der Waals surface area contributed by atoms with E-state index in [1.54, 1.807) is 36.4 Å². The molecule has 0 radical (unpaired) electrons. The molecule has 0 bridgehead atoms. The van der Waals surface area contributed by atoms with Crippen LogP contribution in [0.1, 0.15) is 45.7 Å². The molecule has 4 nitrogen and oxygen atoms in total. The molecule has 3 aromatic carbocycles. The van der Waals surface area contributed by atoms with Crippen molar-refractivity contribution in [1.29, 1.82) is 0 Å². The van der Waals surface area contributed by atoms with Crippen LogP contribution in [-0.2, 0) is 6.54 Å². The smallest absolute Gasteiger partial charge is 0.283 e. The lowest BCUT2D eigenvalue weighted by atomic mass is 10.0. The summed E-state index contributed by atoms with van der Waals surface area (Å²) >= 11 is 5.75. The Morgan fingerprint density at radius 2 is 1.77 bits per heavy atom. The van der Waals surface area contributed by atoms with Crippen LogP contribution >= 0.6 is 11.6 Å². The van der Waals surface area contributed by atoms with Gasteiger partial charge in [-0.05, 0) is 40.6 Å². The van der Waals surface area contributed by atoms with Crippen LogP contribution in [0.3, 0.4) is 0 Å². The molecule has 0 unspecified atom stereocenters. The Bertz CT molecular complexity index is 1420. The van der Waals surface area contributed by atoms with Gasteiger partial charge < -0.3 is 4.74 Å². The van der Waals surface area contributed by atoms with Gasteiger partial charge in [-0.2, -0.15) is 5.10 Å². The Labute approximate surface area is 203 Å². The second-order valence-electron chi connectivity index (χ2n) is 7.67. The first kappa shape index (κ1) is 24.5. The van der Waals surface area contributed by atoms with Crippen molar-refractivity contribution in [3.63, 3.8) is 0 Å². The van der Waals surface area contributed by atoms with E-state index in [0.717, 1.165) is 15.5 Å². The number of methoxy groups -OCH3 is 1. The number of halogens is 5. The topological polar surface area (TPSA) is 44.1 Å². The maximum absolute atomic E-state index is 13.5. The Kier molecular flexibility index (Phi) is 7.21. The van der Waals surface area contributed by atoms with Crippen molar-refractivity contribution in [2.24, 2.45) is 0 Å². The van der Waals surface area contributed by atoms with Crippen molar-refractivity contribution >= 4 is 34.2 Å². The minimum Gasteiger partial charge on any atom is -0.496 e. The summed E-state index contributed by atoms with van der Waals surface area (Å²) in [6, 6.07) is 18.0. The molecule has 0 aliphatic heterocycles. The number of benzene rings is 3. The number of carbonyl (C=O) groups is 1. The molecule has 9 heteroatoms. The molecule has 0 aliphatic rings. The molecule has 0 N–H and O–H groups in total. The highest BCUT2D eigenvalue weighted by atomic mass is 35.5. The number of hydrogen-bond donors (Lipinski definition) is 0. The Morgan fingerprint density at radius 3 is 2.46 bits per heavy atom. The summed E-state index contributed by atoms with van der Waals surface area (Å²) in [5, 5.41) is 4.80. The predicted octanol–water partition coefficient (Wildman–Crippen LogP) is 7.52. The number of aromatic nitrogens is 2. The van der Waals surface area contributed by atoms with Crippen LogP contribution in [-0.4, -0.2) is 22.7 Å². The summed E-state index contributed by atoms with van der Waals surface area (Å²) in [6.45, 7) is -0.282. The fourth-order valence-corrected chi connectivity index (χ4v) is 4.04. The molecule has 0 aliphatic carbocycles. The zero-order valence-electron chi connectivity index (χ0n) is 18.4. The molecular weight excluding hydrogens is 484 g/mol. The zero-order valence-corrected chi connectivity index (χ0v) is 19.1. The number of alkyl halides is 4. The van der Waals surface area contributed by atoms with Crippen LogP contribution in [0.4, 0.5) is 17.6 Å². The third-order valence-electron chi connectivity index (χ3n) is 5.46. The molecule has 1 heterocycles. The third kappa shape index (κ3) is 5.22. The SMILES string of the molecule is COc1ccc(/C=C/C(=O)c2ccc3ccccc3c2)cc1Cn1nc(C(F)F)c(Cl)c1C(F)F. The predicted molar refractivity (Wildman–Crippen MR) is 127 cm³/mol. The molecule has 180 valence electrons. The van der Waals surface area contributed by atoms with Crippen LogP contribution < -0.4 is 4.74 Å². The second kappa shape index (κ2) is 10.3. The molecule has 0 spiro atoms. The number of nitrogens with zero attached hydrogens (tertiary/aromatic N) is 2. The van der Waals surface area contributed by atoms with Gasteiger partial charge in [0.05, 0.1) is 18.7 Å². The second-order valence-corrected chi connectivity index (χ2v) is 8.05. The highest BCUT2D eigenvalue weighted by Crippen LogP contribution is 2.35. The number of hydrogen-bond acceptors (Lipinski definition) is 3. The lowest BCUT2D eigenvalue weighted by molar-refractivity contribution is 0.104. The average Bonchev–Trinajstić information content (AvgIpc) is 3.18. The molecule has 35 heavy (non-hydrogen) atoms. The van der Waals surface area contributed by atoms with Crippen LogP contribution in [0.25, 0.3) is 16.8 Å². The van der Waals surface area contributed by atoms with Gasteiger partial charge >= 0.3 is 0 Å². The largest absolute Gasteiger partial charge is 0.496 e. The van der Waals surface area contributed by atoms with E-state index < -0.39 is 29.3 Å². The molecule has 0 saturated heterocycles. The van der Waals surface area contributed by atoms with E-state index >= 15 is 0 Å². The Morgan fingerprint density at radius 1 is 1.03 bits per heavy atom. The van der Waals surface area contributed by atoms with E-state index in [1.807, 2.05) is 30.3 Å². The number of ether oxygens (including phenoxy) is 1. The highest BCUT2D eigenvalue weighted by molar-refractivity contribution is 6.32. The third-order valence-corrected chi connectivity index (χ3v) is 5.84. The van der Waals surface area contributed by atoms with Gasteiger partial charge in [0.1, 0.15) is 17.1 Å². The van der Waals surface area contributed by atoms with E-state index in [0.29, 0.717) is 22.4 Å². The fourth-order valence-electron chi connectivity index (χ4n) is 3.74. The Hall–Kier alpha value is -3.65. The van der Waals surface area contributed by atoms with Gasteiger partial charge in [0.15, 0.2) is 5.78 Å². The van der Waals surface area contributed by atoms with Crippen molar-refractivity contribution in [1.82, 2.24) is 9.78 Å². The maximum Gasteiger partial charge on any atom is 0.283 e. The lowest BCUT2D eigenvalue weighted by Gasteiger charge is -2.12. The van der Waals surface area contributed by atoms with Crippen LogP contribution in [0.2, 0.25) is 5.02 Å². The van der Waals surface area contributed by atoms with Crippen molar-refractivity contribution in [3.05, 3.63) is 99.8 Å². The van der Waals surface area contributed by atoms with Gasteiger partial charge in [0.2, 0.25) is 0 Å². The van der Waals surface area contributed by atoms with E-state index in [9.17, 15) is 22.4 Å². The standard InChI is InChI=1S/C26H19ClF4N2O2/c1-35-21-11-7-15(6-10-20(34)18-9-8-16-4-2-3-5-17(16)13-18)12-19(21)14-33-24(26(30)31)22(27)23(32-33)25(28)29/h2-13,25-26H,14H2,1H3/b10-6+. The van der Waals surface area contributed by atoms with Gasteiger partial charge in [-0.15, -0.1) is 0 Å². The maximum atomic E-state index is 13.5. The summed E-state index contributed by atoms with van der Waals surface area (Å²) < 4.78 is 59.4. The van der Waals surface area contributed by atoms with E-state index in [1.165, 1.54) is 13.2 Å². The quantitative estimate of drug-likeness (QED) is 0.142. The minimum atomic E-state index is -3.10. The first-order valence-corrected chi connectivity index (χ1v) is 10.9.